The molecule has 0 atom stereocenters. The molecule has 0 aliphatic heterocycles. The molecule has 14 heavy (non-hydrogen) atoms. The normalized spacial score (nSPS) is 11.0. The number of aryl methyl sites for hydroxylation is 1. The highest BCUT2D eigenvalue weighted by molar-refractivity contribution is 9.08. The Morgan fingerprint density at radius 1 is 1.43 bits per heavy atom. The predicted octanol–water partition coefficient (Wildman–Crippen LogP) is 3.94. The first-order valence-corrected chi connectivity index (χ1v) is 6.60. The minimum absolute atomic E-state index is 0.868. The first-order chi connectivity index (χ1) is 6.76. The zero-order valence-electron chi connectivity index (χ0n) is 8.01. The molecule has 0 amide bonds. The van der Waals surface area contributed by atoms with Gasteiger partial charge in [-0.3, -0.25) is 0 Å². The van der Waals surface area contributed by atoms with Gasteiger partial charge in [0.05, 0.1) is 0 Å². The zero-order chi connectivity index (χ0) is 10.1. The molecule has 0 bridgehead atoms. The number of rotatable bonds is 2. The van der Waals surface area contributed by atoms with Crippen molar-refractivity contribution in [2.45, 2.75) is 18.7 Å². The molecule has 0 saturated carbocycles. The maximum atomic E-state index is 6.04. The SMILES string of the molecule is CCc1csc2cc(CBr)cc(N)c12. The van der Waals surface area contributed by atoms with Crippen molar-refractivity contribution >= 4 is 43.0 Å². The summed E-state index contributed by atoms with van der Waals surface area (Å²) in [5.74, 6) is 0. The highest BCUT2D eigenvalue weighted by Gasteiger charge is 2.07. The molecule has 3 heteroatoms. The molecule has 1 nitrogen and oxygen atoms in total. The van der Waals surface area contributed by atoms with Crippen LogP contribution in [0.5, 0.6) is 0 Å². The summed E-state index contributed by atoms with van der Waals surface area (Å²) >= 11 is 5.23. The second-order valence-electron chi connectivity index (χ2n) is 3.31. The fraction of sp³-hybridized carbons (Fsp3) is 0.273. The van der Waals surface area contributed by atoms with Crippen molar-refractivity contribution in [3.8, 4) is 0 Å². The Balaban J connectivity index is 2.72. The summed E-state index contributed by atoms with van der Waals surface area (Å²) < 4.78 is 1.30. The van der Waals surface area contributed by atoms with Crippen molar-refractivity contribution in [2.75, 3.05) is 5.73 Å². The van der Waals surface area contributed by atoms with Gasteiger partial charge in [-0.2, -0.15) is 0 Å². The van der Waals surface area contributed by atoms with Gasteiger partial charge in [-0.25, -0.2) is 0 Å². The fourth-order valence-electron chi connectivity index (χ4n) is 1.66. The lowest BCUT2D eigenvalue weighted by Crippen LogP contribution is -1.89. The monoisotopic (exact) mass is 269 g/mol. The first-order valence-electron chi connectivity index (χ1n) is 4.60. The van der Waals surface area contributed by atoms with Gasteiger partial charge in [-0.15, -0.1) is 11.3 Å². The van der Waals surface area contributed by atoms with Crippen LogP contribution < -0.4 is 5.73 Å². The highest BCUT2D eigenvalue weighted by atomic mass is 79.9. The molecule has 2 aromatic rings. The molecule has 0 fully saturated rings. The maximum Gasteiger partial charge on any atom is 0.0408 e. The largest absolute Gasteiger partial charge is 0.398 e. The van der Waals surface area contributed by atoms with Crippen molar-refractivity contribution < 1.29 is 0 Å². The molecule has 0 spiro atoms. The number of benzene rings is 1. The van der Waals surface area contributed by atoms with Gasteiger partial charge in [0.2, 0.25) is 0 Å². The number of alkyl halides is 1. The number of halogens is 1. The number of hydrogen-bond donors (Lipinski definition) is 1. The average molecular weight is 270 g/mol. The molecule has 0 aliphatic carbocycles. The van der Waals surface area contributed by atoms with E-state index in [4.69, 9.17) is 5.73 Å². The number of hydrogen-bond acceptors (Lipinski definition) is 2. The minimum Gasteiger partial charge on any atom is -0.398 e. The summed E-state index contributed by atoms with van der Waals surface area (Å²) in [7, 11) is 0. The Bertz CT molecular complexity index is 462. The summed E-state index contributed by atoms with van der Waals surface area (Å²) in [6, 6.07) is 4.27. The third-order valence-corrected chi connectivity index (χ3v) is 4.00. The molecule has 0 saturated heterocycles. The van der Waals surface area contributed by atoms with Crippen molar-refractivity contribution in [3.05, 3.63) is 28.6 Å². The number of fused-ring (bicyclic) bond motifs is 1. The molecule has 0 radical (unpaired) electrons. The van der Waals surface area contributed by atoms with Crippen molar-refractivity contribution in [1.29, 1.82) is 0 Å². The van der Waals surface area contributed by atoms with Gasteiger partial charge in [0, 0.05) is 21.1 Å². The Morgan fingerprint density at radius 2 is 2.21 bits per heavy atom. The van der Waals surface area contributed by atoms with Gasteiger partial charge in [0.1, 0.15) is 0 Å². The van der Waals surface area contributed by atoms with Crippen LogP contribution in [0.25, 0.3) is 10.1 Å². The highest BCUT2D eigenvalue weighted by Crippen LogP contribution is 2.32. The van der Waals surface area contributed by atoms with E-state index in [1.807, 2.05) is 0 Å². The van der Waals surface area contributed by atoms with E-state index in [2.05, 4.69) is 40.4 Å². The van der Waals surface area contributed by atoms with E-state index in [-0.39, 0.29) is 0 Å². The van der Waals surface area contributed by atoms with E-state index in [0.29, 0.717) is 0 Å². The van der Waals surface area contributed by atoms with Gasteiger partial charge in [0.25, 0.3) is 0 Å². The summed E-state index contributed by atoms with van der Waals surface area (Å²) in [5, 5.41) is 4.33. The van der Waals surface area contributed by atoms with Gasteiger partial charge < -0.3 is 5.73 Å². The number of nitrogen functional groups attached to an aromatic ring is 1. The molecule has 1 heterocycles. The van der Waals surface area contributed by atoms with Crippen LogP contribution in [0.4, 0.5) is 5.69 Å². The average Bonchev–Trinajstić information content (AvgIpc) is 2.61. The second-order valence-corrected chi connectivity index (χ2v) is 4.78. The van der Waals surface area contributed by atoms with Gasteiger partial charge in [-0.1, -0.05) is 22.9 Å². The van der Waals surface area contributed by atoms with Crippen LogP contribution in [0.2, 0.25) is 0 Å². The van der Waals surface area contributed by atoms with E-state index in [1.165, 1.54) is 21.2 Å². The van der Waals surface area contributed by atoms with Gasteiger partial charge >= 0.3 is 0 Å². The number of anilines is 1. The number of thiophene rings is 1. The quantitative estimate of drug-likeness (QED) is 0.649. The summed E-state index contributed by atoms with van der Waals surface area (Å²) in [6.45, 7) is 2.17. The molecule has 2 rings (SSSR count). The lowest BCUT2D eigenvalue weighted by atomic mass is 10.1. The Labute approximate surface area is 96.1 Å². The Morgan fingerprint density at radius 3 is 2.86 bits per heavy atom. The van der Waals surface area contributed by atoms with Crippen LogP contribution in [0.1, 0.15) is 18.1 Å². The van der Waals surface area contributed by atoms with E-state index in [0.717, 1.165) is 17.4 Å². The van der Waals surface area contributed by atoms with Crippen LogP contribution in [-0.2, 0) is 11.8 Å². The molecular formula is C11H12BrNS. The van der Waals surface area contributed by atoms with Gasteiger partial charge in [0.15, 0.2) is 0 Å². The lowest BCUT2D eigenvalue weighted by molar-refractivity contribution is 1.17. The third kappa shape index (κ3) is 1.55. The molecule has 0 aliphatic rings. The minimum atomic E-state index is 0.868. The van der Waals surface area contributed by atoms with Crippen LogP contribution >= 0.6 is 27.3 Å². The Kier molecular flexibility index (Phi) is 2.79. The maximum absolute atomic E-state index is 6.04. The molecular weight excluding hydrogens is 258 g/mol. The van der Waals surface area contributed by atoms with E-state index in [1.54, 1.807) is 11.3 Å². The molecule has 2 N–H and O–H groups in total. The molecule has 1 aromatic carbocycles. The summed E-state index contributed by atoms with van der Waals surface area (Å²) in [4.78, 5) is 0. The van der Waals surface area contributed by atoms with Crippen LogP contribution in [0, 0.1) is 0 Å². The fourth-order valence-corrected chi connectivity index (χ4v) is 3.13. The summed E-state index contributed by atoms with van der Waals surface area (Å²) in [5.41, 5.74) is 9.57. The topological polar surface area (TPSA) is 26.0 Å². The van der Waals surface area contributed by atoms with Crippen LogP contribution in [-0.4, -0.2) is 0 Å². The van der Waals surface area contributed by atoms with Crippen LogP contribution in [0.3, 0.4) is 0 Å². The Hall–Kier alpha value is -0.540. The van der Waals surface area contributed by atoms with E-state index in [9.17, 15) is 0 Å². The predicted molar refractivity (Wildman–Crippen MR) is 68.2 cm³/mol. The van der Waals surface area contributed by atoms with Crippen molar-refractivity contribution in [2.24, 2.45) is 0 Å². The molecule has 1 aromatic heterocycles. The summed E-state index contributed by atoms with van der Waals surface area (Å²) in [6.07, 6.45) is 1.05. The molecule has 0 unspecified atom stereocenters. The molecule has 74 valence electrons. The number of nitrogens with two attached hydrogens (primary N) is 1. The smallest absolute Gasteiger partial charge is 0.0408 e. The third-order valence-electron chi connectivity index (χ3n) is 2.38. The lowest BCUT2D eigenvalue weighted by Gasteiger charge is -2.02. The first kappa shape index (κ1) is 9.99. The van der Waals surface area contributed by atoms with E-state index < -0.39 is 0 Å². The second kappa shape index (κ2) is 3.91. The van der Waals surface area contributed by atoms with Crippen molar-refractivity contribution in [3.63, 3.8) is 0 Å². The van der Waals surface area contributed by atoms with Gasteiger partial charge in [-0.05, 0) is 35.1 Å². The van der Waals surface area contributed by atoms with Crippen molar-refractivity contribution in [1.82, 2.24) is 0 Å². The van der Waals surface area contributed by atoms with Crippen LogP contribution in [0.15, 0.2) is 17.5 Å². The zero-order valence-corrected chi connectivity index (χ0v) is 10.4. The standard InChI is InChI=1S/C11H12BrNS/c1-2-8-6-14-10-4-7(5-12)3-9(13)11(8)10/h3-4,6H,2,5,13H2,1H3. The van der Waals surface area contributed by atoms with E-state index >= 15 is 0 Å².